The third kappa shape index (κ3) is 4.68. The van der Waals surface area contributed by atoms with Crippen LogP contribution in [0, 0.1) is 0 Å². The van der Waals surface area contributed by atoms with Crippen LogP contribution in [0.25, 0.3) is 11.4 Å². The van der Waals surface area contributed by atoms with Crippen molar-refractivity contribution in [1.29, 1.82) is 0 Å². The van der Waals surface area contributed by atoms with Crippen molar-refractivity contribution in [2.24, 2.45) is 5.14 Å². The van der Waals surface area contributed by atoms with Gasteiger partial charge in [-0.15, -0.1) is 0 Å². The van der Waals surface area contributed by atoms with Crippen LogP contribution in [0.4, 0.5) is 5.69 Å². The predicted molar refractivity (Wildman–Crippen MR) is 96.2 cm³/mol. The van der Waals surface area contributed by atoms with Gasteiger partial charge in [0.25, 0.3) is 5.89 Å². The minimum atomic E-state index is -3.93. The Morgan fingerprint density at radius 3 is 2.74 bits per heavy atom. The first-order chi connectivity index (χ1) is 12.8. The molecule has 0 aliphatic carbocycles. The Morgan fingerprint density at radius 1 is 1.22 bits per heavy atom. The molecule has 3 rings (SSSR count). The molecule has 1 amide bonds. The maximum absolute atomic E-state index is 11.7. The van der Waals surface area contributed by atoms with Gasteiger partial charge in [0.05, 0.1) is 4.90 Å². The Hall–Kier alpha value is -3.24. The number of ether oxygens (including phenoxy) is 1. The quantitative estimate of drug-likeness (QED) is 0.658. The second-order valence-corrected chi connectivity index (χ2v) is 7.08. The molecule has 1 aromatic heterocycles. The summed E-state index contributed by atoms with van der Waals surface area (Å²) in [7, 11) is -3.93. The SMILES string of the molecule is CC(=O)Nc1cccc(OCc2nc(-c3ccccc3S(N)(=O)=O)no2)c1. The Bertz CT molecular complexity index is 1080. The Morgan fingerprint density at radius 2 is 2.00 bits per heavy atom. The standard InChI is InChI=1S/C17H16N4O5S/c1-11(22)19-12-5-4-6-13(9-12)25-10-16-20-17(21-26-16)14-7-2-3-8-15(14)27(18,23)24/h2-9H,10H2,1H3,(H,19,22)(H2,18,23,24). The number of aromatic nitrogens is 2. The summed E-state index contributed by atoms with van der Waals surface area (Å²) in [5.41, 5.74) is 0.830. The molecule has 9 nitrogen and oxygen atoms in total. The van der Waals surface area contributed by atoms with Crippen molar-refractivity contribution in [3.8, 4) is 17.1 Å². The van der Waals surface area contributed by atoms with Gasteiger partial charge >= 0.3 is 0 Å². The van der Waals surface area contributed by atoms with E-state index >= 15 is 0 Å². The number of nitrogens with one attached hydrogen (secondary N) is 1. The third-order valence-electron chi connectivity index (χ3n) is 3.42. The van der Waals surface area contributed by atoms with Crippen LogP contribution in [0.5, 0.6) is 5.75 Å². The van der Waals surface area contributed by atoms with Gasteiger partial charge in [0.2, 0.25) is 21.8 Å². The highest BCUT2D eigenvalue weighted by Gasteiger charge is 2.19. The van der Waals surface area contributed by atoms with E-state index < -0.39 is 10.0 Å². The number of amides is 1. The van der Waals surface area contributed by atoms with E-state index in [9.17, 15) is 13.2 Å². The van der Waals surface area contributed by atoms with Crippen LogP contribution in [0.15, 0.2) is 57.9 Å². The summed E-state index contributed by atoms with van der Waals surface area (Å²) in [6, 6.07) is 12.9. The molecule has 0 saturated heterocycles. The van der Waals surface area contributed by atoms with Gasteiger partial charge in [0.1, 0.15) is 5.75 Å². The highest BCUT2D eigenvalue weighted by molar-refractivity contribution is 7.89. The van der Waals surface area contributed by atoms with E-state index in [1.54, 1.807) is 36.4 Å². The van der Waals surface area contributed by atoms with E-state index in [0.717, 1.165) is 0 Å². The average molecular weight is 388 g/mol. The number of sulfonamides is 1. The molecule has 27 heavy (non-hydrogen) atoms. The molecule has 0 fully saturated rings. The monoisotopic (exact) mass is 388 g/mol. The molecule has 0 bridgehead atoms. The number of carbonyl (C=O) groups excluding carboxylic acids is 1. The van der Waals surface area contributed by atoms with Gasteiger partial charge in [0.15, 0.2) is 6.61 Å². The van der Waals surface area contributed by atoms with Crippen molar-refractivity contribution in [1.82, 2.24) is 10.1 Å². The largest absolute Gasteiger partial charge is 0.484 e. The van der Waals surface area contributed by atoms with Crippen LogP contribution in [-0.4, -0.2) is 24.5 Å². The summed E-state index contributed by atoms with van der Waals surface area (Å²) in [5, 5.41) is 11.7. The maximum Gasteiger partial charge on any atom is 0.264 e. The Labute approximate surface area is 155 Å². The van der Waals surface area contributed by atoms with Gasteiger partial charge < -0.3 is 14.6 Å². The van der Waals surface area contributed by atoms with E-state index in [4.69, 9.17) is 14.4 Å². The highest BCUT2D eigenvalue weighted by atomic mass is 32.2. The summed E-state index contributed by atoms with van der Waals surface area (Å²) in [4.78, 5) is 15.2. The molecule has 140 valence electrons. The van der Waals surface area contributed by atoms with Crippen molar-refractivity contribution >= 4 is 21.6 Å². The molecular formula is C17H16N4O5S. The number of hydrogen-bond donors (Lipinski definition) is 2. The summed E-state index contributed by atoms with van der Waals surface area (Å²) < 4.78 is 34.1. The summed E-state index contributed by atoms with van der Waals surface area (Å²) >= 11 is 0. The highest BCUT2D eigenvalue weighted by Crippen LogP contribution is 2.24. The number of benzene rings is 2. The first-order valence-corrected chi connectivity index (χ1v) is 9.33. The van der Waals surface area contributed by atoms with Gasteiger partial charge in [-0.05, 0) is 24.3 Å². The second-order valence-electron chi connectivity index (χ2n) is 5.55. The maximum atomic E-state index is 11.7. The topological polar surface area (TPSA) is 137 Å². The molecule has 0 aliphatic heterocycles. The smallest absolute Gasteiger partial charge is 0.264 e. The molecule has 3 N–H and O–H groups in total. The predicted octanol–water partition coefficient (Wildman–Crippen LogP) is 1.92. The third-order valence-corrected chi connectivity index (χ3v) is 4.39. The zero-order valence-corrected chi connectivity index (χ0v) is 15.1. The van der Waals surface area contributed by atoms with Gasteiger partial charge in [-0.2, -0.15) is 4.98 Å². The van der Waals surface area contributed by atoms with Crippen LogP contribution >= 0.6 is 0 Å². The van der Waals surface area contributed by atoms with E-state index in [-0.39, 0.29) is 34.7 Å². The van der Waals surface area contributed by atoms with Crippen LogP contribution in [0.2, 0.25) is 0 Å². The van der Waals surface area contributed by atoms with Gasteiger partial charge in [-0.1, -0.05) is 23.4 Å². The molecule has 3 aromatic rings. The molecule has 0 aliphatic rings. The summed E-state index contributed by atoms with van der Waals surface area (Å²) in [6.07, 6.45) is 0. The number of rotatable bonds is 6. The summed E-state index contributed by atoms with van der Waals surface area (Å²) in [5.74, 6) is 0.539. The molecule has 2 aromatic carbocycles. The molecular weight excluding hydrogens is 372 g/mol. The lowest BCUT2D eigenvalue weighted by atomic mass is 10.2. The van der Waals surface area contributed by atoms with E-state index in [1.165, 1.54) is 19.1 Å². The minimum Gasteiger partial charge on any atom is -0.484 e. The molecule has 0 atom stereocenters. The first-order valence-electron chi connectivity index (χ1n) is 7.78. The number of hydrogen-bond acceptors (Lipinski definition) is 7. The minimum absolute atomic E-state index is 0.0337. The van der Waals surface area contributed by atoms with Crippen molar-refractivity contribution in [3.05, 3.63) is 54.4 Å². The van der Waals surface area contributed by atoms with Crippen molar-refractivity contribution in [3.63, 3.8) is 0 Å². The number of carbonyl (C=O) groups is 1. The molecule has 0 spiro atoms. The van der Waals surface area contributed by atoms with E-state index in [2.05, 4.69) is 15.5 Å². The zero-order chi connectivity index (χ0) is 19.4. The lowest BCUT2D eigenvalue weighted by Gasteiger charge is -2.06. The first kappa shape index (κ1) is 18.5. The van der Waals surface area contributed by atoms with Crippen LogP contribution in [0.1, 0.15) is 12.8 Å². The number of nitrogens with zero attached hydrogens (tertiary/aromatic N) is 2. The normalized spacial score (nSPS) is 11.2. The number of nitrogens with two attached hydrogens (primary N) is 1. The van der Waals surface area contributed by atoms with E-state index in [0.29, 0.717) is 11.4 Å². The zero-order valence-electron chi connectivity index (χ0n) is 14.2. The number of primary sulfonamides is 1. The molecule has 10 heteroatoms. The van der Waals surface area contributed by atoms with Gasteiger partial charge in [-0.3, -0.25) is 4.79 Å². The lowest BCUT2D eigenvalue weighted by molar-refractivity contribution is -0.114. The Balaban J connectivity index is 1.76. The fourth-order valence-electron chi connectivity index (χ4n) is 2.33. The Kier molecular flexibility index (Phi) is 5.19. The van der Waals surface area contributed by atoms with E-state index in [1.807, 2.05) is 0 Å². The second kappa shape index (κ2) is 7.56. The number of anilines is 1. The van der Waals surface area contributed by atoms with Crippen molar-refractivity contribution in [2.75, 3.05) is 5.32 Å². The van der Waals surface area contributed by atoms with Crippen LogP contribution in [-0.2, 0) is 21.4 Å². The molecule has 0 unspecified atom stereocenters. The van der Waals surface area contributed by atoms with Crippen LogP contribution in [0.3, 0.4) is 0 Å². The summed E-state index contributed by atoms with van der Waals surface area (Å²) in [6.45, 7) is 1.38. The fourth-order valence-corrected chi connectivity index (χ4v) is 3.07. The lowest BCUT2D eigenvalue weighted by Crippen LogP contribution is -2.13. The fraction of sp³-hybridized carbons (Fsp3) is 0.118. The van der Waals surface area contributed by atoms with Gasteiger partial charge in [-0.25, -0.2) is 13.6 Å². The van der Waals surface area contributed by atoms with Crippen LogP contribution < -0.4 is 15.2 Å². The molecule has 0 saturated carbocycles. The molecule has 1 heterocycles. The molecule has 0 radical (unpaired) electrons. The average Bonchev–Trinajstić information content (AvgIpc) is 3.08. The van der Waals surface area contributed by atoms with Gasteiger partial charge in [0, 0.05) is 24.2 Å². The van der Waals surface area contributed by atoms with Crippen molar-refractivity contribution in [2.45, 2.75) is 18.4 Å². The van der Waals surface area contributed by atoms with Crippen molar-refractivity contribution < 1.29 is 22.5 Å².